The van der Waals surface area contributed by atoms with Gasteiger partial charge in [-0.25, -0.2) is 0 Å². The number of hydrogen-bond donors (Lipinski definition) is 0. The Balaban J connectivity index is 1.30. The smallest absolute Gasteiger partial charge is 0.171 e. The van der Waals surface area contributed by atoms with E-state index in [0.717, 1.165) is 30.8 Å². The molecule has 2 heteroatoms. The van der Waals surface area contributed by atoms with E-state index in [0.29, 0.717) is 34.7 Å². The Labute approximate surface area is 177 Å². The molecule has 0 aromatic carbocycles. The van der Waals surface area contributed by atoms with Crippen molar-refractivity contribution in [1.82, 2.24) is 0 Å². The maximum absolute atomic E-state index is 6.89. The Morgan fingerprint density at radius 1 is 1.03 bits per heavy atom. The molecule has 4 fully saturated rings. The molecule has 4 aliphatic carbocycles. The van der Waals surface area contributed by atoms with Crippen molar-refractivity contribution in [2.45, 2.75) is 91.0 Å². The maximum Gasteiger partial charge on any atom is 0.171 e. The molecule has 0 aromatic heterocycles. The summed E-state index contributed by atoms with van der Waals surface area (Å²) in [6.07, 6.45) is 18.3. The highest BCUT2D eigenvalue weighted by Gasteiger charge is 2.68. The van der Waals surface area contributed by atoms with Crippen LogP contribution in [-0.2, 0) is 9.47 Å². The monoisotopic (exact) mass is 396 g/mol. The van der Waals surface area contributed by atoms with Crippen LogP contribution in [0.2, 0.25) is 0 Å². The maximum atomic E-state index is 6.89. The lowest BCUT2D eigenvalue weighted by Crippen LogP contribution is -2.51. The Bertz CT molecular complexity index is 744. The third kappa shape index (κ3) is 2.42. The van der Waals surface area contributed by atoms with Gasteiger partial charge in [0.2, 0.25) is 0 Å². The molecule has 0 amide bonds. The Hall–Kier alpha value is -0.600. The van der Waals surface area contributed by atoms with E-state index in [-0.39, 0.29) is 5.79 Å². The molecule has 0 aromatic rings. The minimum absolute atomic E-state index is 0.271. The molecular formula is C27H40O2. The first-order valence-corrected chi connectivity index (χ1v) is 12.6. The number of rotatable bonds is 0. The number of fused-ring (bicyclic) bond motifs is 7. The van der Waals surface area contributed by atoms with Crippen molar-refractivity contribution in [3.8, 4) is 0 Å². The van der Waals surface area contributed by atoms with Crippen LogP contribution >= 0.6 is 0 Å². The summed E-state index contributed by atoms with van der Waals surface area (Å²) in [7, 11) is 0. The summed E-state index contributed by atoms with van der Waals surface area (Å²) < 4.78 is 13.4. The van der Waals surface area contributed by atoms with Crippen LogP contribution in [-0.4, -0.2) is 18.5 Å². The first-order chi connectivity index (χ1) is 13.9. The van der Waals surface area contributed by atoms with Gasteiger partial charge in [-0.15, -0.1) is 0 Å². The van der Waals surface area contributed by atoms with E-state index in [4.69, 9.17) is 9.47 Å². The highest BCUT2D eigenvalue weighted by Crippen LogP contribution is 2.70. The highest BCUT2D eigenvalue weighted by molar-refractivity contribution is 5.34. The van der Waals surface area contributed by atoms with Gasteiger partial charge in [-0.1, -0.05) is 45.9 Å². The van der Waals surface area contributed by atoms with Gasteiger partial charge >= 0.3 is 0 Å². The normalized spacial score (nSPS) is 58.3. The van der Waals surface area contributed by atoms with Crippen molar-refractivity contribution >= 4 is 0 Å². The topological polar surface area (TPSA) is 18.5 Å². The van der Waals surface area contributed by atoms with Crippen LogP contribution in [0.3, 0.4) is 0 Å². The molecule has 2 nitrogen and oxygen atoms in total. The Morgan fingerprint density at radius 3 is 2.69 bits per heavy atom. The van der Waals surface area contributed by atoms with Gasteiger partial charge < -0.3 is 9.47 Å². The fourth-order valence-corrected chi connectivity index (χ4v) is 9.32. The minimum Gasteiger partial charge on any atom is -0.349 e. The summed E-state index contributed by atoms with van der Waals surface area (Å²) in [4.78, 5) is 0. The average Bonchev–Trinajstić information content (AvgIpc) is 3.15. The minimum atomic E-state index is -0.271. The third-order valence-corrected chi connectivity index (χ3v) is 10.9. The summed E-state index contributed by atoms with van der Waals surface area (Å²) in [5.74, 6) is 4.20. The van der Waals surface area contributed by atoms with Crippen molar-refractivity contribution in [3.05, 3.63) is 23.8 Å². The van der Waals surface area contributed by atoms with E-state index in [9.17, 15) is 0 Å². The van der Waals surface area contributed by atoms with Gasteiger partial charge in [0, 0.05) is 12.3 Å². The molecule has 6 rings (SSSR count). The number of allylic oxidation sites excluding steroid dienone is 4. The third-order valence-electron chi connectivity index (χ3n) is 10.9. The molecule has 1 spiro atoms. The van der Waals surface area contributed by atoms with E-state index in [1.165, 1.54) is 44.9 Å². The lowest BCUT2D eigenvalue weighted by molar-refractivity contribution is -0.272. The molecule has 2 aliphatic heterocycles. The average molecular weight is 397 g/mol. The van der Waals surface area contributed by atoms with Crippen LogP contribution in [0.1, 0.15) is 79.1 Å². The van der Waals surface area contributed by atoms with Gasteiger partial charge in [-0.2, -0.15) is 0 Å². The van der Waals surface area contributed by atoms with Gasteiger partial charge in [0.25, 0.3) is 0 Å². The van der Waals surface area contributed by atoms with Crippen molar-refractivity contribution < 1.29 is 9.47 Å². The molecule has 2 heterocycles. The van der Waals surface area contributed by atoms with Crippen LogP contribution < -0.4 is 0 Å². The zero-order chi connectivity index (χ0) is 20.0. The quantitative estimate of drug-likeness (QED) is 0.464. The van der Waals surface area contributed by atoms with Gasteiger partial charge in [0.15, 0.2) is 5.79 Å². The van der Waals surface area contributed by atoms with Crippen LogP contribution in [0.5, 0.6) is 0 Å². The molecular weight excluding hydrogens is 356 g/mol. The number of ether oxygens (including phenoxy) is 2. The molecule has 0 bridgehead atoms. The Morgan fingerprint density at radius 2 is 1.90 bits per heavy atom. The second-order valence-corrected chi connectivity index (χ2v) is 12.1. The summed E-state index contributed by atoms with van der Waals surface area (Å²) in [6.45, 7) is 10.9. The SMILES string of the molecule is CC1CC[C@@]2(OC1)O[C@H]1CC3C4CC=C5C=CCC[C@]5(C)C4CC[C@]3(C)[C@H]1[C@@H]2C. The Kier molecular flexibility index (Phi) is 4.10. The zero-order valence-corrected chi connectivity index (χ0v) is 19.0. The molecule has 0 radical (unpaired) electrons. The summed E-state index contributed by atoms with van der Waals surface area (Å²) in [6, 6.07) is 0. The summed E-state index contributed by atoms with van der Waals surface area (Å²) >= 11 is 0. The fraction of sp³-hybridized carbons (Fsp3) is 0.852. The van der Waals surface area contributed by atoms with Gasteiger partial charge in [-0.3, -0.25) is 0 Å². The van der Waals surface area contributed by atoms with E-state index in [1.54, 1.807) is 5.57 Å². The predicted molar refractivity (Wildman–Crippen MR) is 116 cm³/mol. The second-order valence-electron chi connectivity index (χ2n) is 12.1. The van der Waals surface area contributed by atoms with E-state index >= 15 is 0 Å². The molecule has 0 N–H and O–H groups in total. The fourth-order valence-electron chi connectivity index (χ4n) is 9.32. The van der Waals surface area contributed by atoms with Crippen LogP contribution in [0.25, 0.3) is 0 Å². The molecule has 10 atom stereocenters. The molecule has 4 unspecified atom stereocenters. The lowest BCUT2D eigenvalue weighted by atomic mass is 9.47. The van der Waals surface area contributed by atoms with Crippen LogP contribution in [0.4, 0.5) is 0 Å². The first-order valence-electron chi connectivity index (χ1n) is 12.6. The van der Waals surface area contributed by atoms with E-state index in [1.807, 2.05) is 0 Å². The number of hydrogen-bond acceptors (Lipinski definition) is 2. The largest absolute Gasteiger partial charge is 0.349 e. The van der Waals surface area contributed by atoms with E-state index in [2.05, 4.69) is 45.9 Å². The summed E-state index contributed by atoms with van der Waals surface area (Å²) in [5.41, 5.74) is 2.51. The lowest BCUT2D eigenvalue weighted by Gasteiger charge is -2.57. The molecule has 6 aliphatic rings. The van der Waals surface area contributed by atoms with Gasteiger partial charge in [-0.05, 0) is 90.9 Å². The molecule has 2 saturated carbocycles. The van der Waals surface area contributed by atoms with Crippen molar-refractivity contribution in [2.75, 3.05) is 6.61 Å². The zero-order valence-electron chi connectivity index (χ0n) is 19.0. The highest BCUT2D eigenvalue weighted by atomic mass is 16.7. The standard InChI is InChI=1S/C27H40O2/c1-17-10-14-27(28-16-17)18(2)24-23(29-27)15-22-20-9-8-19-7-5-6-12-25(19,3)21(20)11-13-26(22,24)4/h5,7-8,17-18,20-24H,6,9-16H2,1-4H3/t17?,18-,20?,21?,22?,23-,24-,25-,26-,27+/m0/s1. The molecule has 29 heavy (non-hydrogen) atoms. The van der Waals surface area contributed by atoms with Crippen molar-refractivity contribution in [2.24, 2.45) is 46.3 Å². The van der Waals surface area contributed by atoms with Crippen LogP contribution in [0.15, 0.2) is 23.8 Å². The van der Waals surface area contributed by atoms with Crippen LogP contribution in [0, 0.1) is 46.3 Å². The second kappa shape index (κ2) is 6.22. The molecule has 2 saturated heterocycles. The summed E-state index contributed by atoms with van der Waals surface area (Å²) in [5, 5.41) is 0. The first kappa shape index (κ1) is 19.1. The van der Waals surface area contributed by atoms with Crippen molar-refractivity contribution in [3.63, 3.8) is 0 Å². The van der Waals surface area contributed by atoms with Gasteiger partial charge in [0.05, 0.1) is 12.7 Å². The molecule has 160 valence electrons. The van der Waals surface area contributed by atoms with E-state index < -0.39 is 0 Å². The predicted octanol–water partition coefficient (Wildman–Crippen LogP) is 6.52. The van der Waals surface area contributed by atoms with Gasteiger partial charge in [0.1, 0.15) is 0 Å². The van der Waals surface area contributed by atoms with Crippen molar-refractivity contribution in [1.29, 1.82) is 0 Å².